The molecule has 6 heteroatoms. The van der Waals surface area contributed by atoms with Crippen molar-refractivity contribution in [1.29, 1.82) is 0 Å². The van der Waals surface area contributed by atoms with Crippen molar-refractivity contribution in [3.05, 3.63) is 28.2 Å². The molecule has 122 valence electrons. The van der Waals surface area contributed by atoms with Gasteiger partial charge in [0.1, 0.15) is 12.2 Å². The molecule has 0 aliphatic heterocycles. The Balaban J connectivity index is 2.81. The number of aryl methyl sites for hydroxylation is 1. The van der Waals surface area contributed by atoms with Crippen molar-refractivity contribution in [1.82, 2.24) is 9.88 Å². The van der Waals surface area contributed by atoms with Crippen LogP contribution in [-0.4, -0.2) is 22.9 Å². The van der Waals surface area contributed by atoms with Gasteiger partial charge in [-0.3, -0.25) is 14.4 Å². The normalized spacial score (nSPS) is 10.6. The number of carbonyl (C=O) groups is 2. The second-order valence-electron chi connectivity index (χ2n) is 5.71. The molecular formula is C16H25N3O3. The maximum Gasteiger partial charge on any atom is 0.274 e. The molecule has 0 saturated heterocycles. The number of rotatable bonds is 7. The molecule has 0 aliphatic rings. The molecule has 0 unspecified atom stereocenters. The lowest BCUT2D eigenvalue weighted by Crippen LogP contribution is -2.35. The summed E-state index contributed by atoms with van der Waals surface area (Å²) in [5, 5.41) is 5.36. The molecule has 0 aromatic carbocycles. The third-order valence-electron chi connectivity index (χ3n) is 3.33. The quantitative estimate of drug-likeness (QED) is 0.804. The first kappa shape index (κ1) is 17.9. The summed E-state index contributed by atoms with van der Waals surface area (Å²) in [7, 11) is 0. The number of hydrogen-bond acceptors (Lipinski definition) is 3. The van der Waals surface area contributed by atoms with Crippen molar-refractivity contribution in [3.8, 4) is 0 Å². The van der Waals surface area contributed by atoms with E-state index in [1.165, 1.54) is 4.57 Å². The summed E-state index contributed by atoms with van der Waals surface area (Å²) in [5.74, 6) is 0.0797. The molecule has 0 atom stereocenters. The predicted octanol–water partition coefficient (Wildman–Crippen LogP) is 1.67. The zero-order valence-corrected chi connectivity index (χ0v) is 13.7. The average Bonchev–Trinajstić information content (AvgIpc) is 2.46. The van der Waals surface area contributed by atoms with Gasteiger partial charge in [0.25, 0.3) is 5.56 Å². The van der Waals surface area contributed by atoms with Crippen molar-refractivity contribution in [2.24, 2.45) is 5.92 Å². The van der Waals surface area contributed by atoms with Crippen LogP contribution in [0.3, 0.4) is 0 Å². The van der Waals surface area contributed by atoms with Crippen LogP contribution in [0.2, 0.25) is 0 Å². The molecule has 1 rings (SSSR count). The Hall–Kier alpha value is -2.11. The Morgan fingerprint density at radius 2 is 1.91 bits per heavy atom. The Morgan fingerprint density at radius 1 is 1.23 bits per heavy atom. The Kier molecular flexibility index (Phi) is 6.82. The van der Waals surface area contributed by atoms with Gasteiger partial charge in [0.15, 0.2) is 0 Å². The first-order valence-corrected chi connectivity index (χ1v) is 7.62. The highest BCUT2D eigenvalue weighted by Gasteiger charge is 2.11. The van der Waals surface area contributed by atoms with Crippen molar-refractivity contribution in [2.45, 2.75) is 47.1 Å². The van der Waals surface area contributed by atoms with Crippen molar-refractivity contribution >= 4 is 17.5 Å². The molecular weight excluding hydrogens is 282 g/mol. The fourth-order valence-electron chi connectivity index (χ4n) is 1.90. The summed E-state index contributed by atoms with van der Waals surface area (Å²) < 4.78 is 1.37. The van der Waals surface area contributed by atoms with Gasteiger partial charge < -0.3 is 15.2 Å². The van der Waals surface area contributed by atoms with Crippen LogP contribution in [0.4, 0.5) is 5.69 Å². The van der Waals surface area contributed by atoms with Crippen LogP contribution in [0.5, 0.6) is 0 Å². The highest BCUT2D eigenvalue weighted by molar-refractivity contribution is 5.90. The highest BCUT2D eigenvalue weighted by atomic mass is 16.2. The molecule has 0 radical (unpaired) electrons. The largest absolute Gasteiger partial charge is 0.355 e. The van der Waals surface area contributed by atoms with Crippen LogP contribution < -0.4 is 16.2 Å². The predicted molar refractivity (Wildman–Crippen MR) is 86.8 cm³/mol. The Morgan fingerprint density at radius 3 is 2.50 bits per heavy atom. The summed E-state index contributed by atoms with van der Waals surface area (Å²) in [5.41, 5.74) is 0.520. The standard InChI is InChI=1S/C16H25N3O3/c1-5-14(20)18-13-7-6-12(4)19(16(13)22)10-15(21)17-9-8-11(2)3/h6-7,11H,5,8-10H2,1-4H3,(H,17,21)(H,18,20). The van der Waals surface area contributed by atoms with Crippen molar-refractivity contribution in [2.75, 3.05) is 11.9 Å². The lowest BCUT2D eigenvalue weighted by Gasteiger charge is -2.13. The topological polar surface area (TPSA) is 80.2 Å². The molecule has 2 N–H and O–H groups in total. The maximum absolute atomic E-state index is 12.3. The zero-order chi connectivity index (χ0) is 16.7. The van der Waals surface area contributed by atoms with E-state index in [2.05, 4.69) is 24.5 Å². The summed E-state index contributed by atoms with van der Waals surface area (Å²) in [4.78, 5) is 35.7. The molecule has 1 aromatic rings. The van der Waals surface area contributed by atoms with E-state index >= 15 is 0 Å². The van der Waals surface area contributed by atoms with Gasteiger partial charge in [-0.2, -0.15) is 0 Å². The summed E-state index contributed by atoms with van der Waals surface area (Å²) in [6, 6.07) is 3.28. The van der Waals surface area contributed by atoms with Crippen LogP contribution in [-0.2, 0) is 16.1 Å². The van der Waals surface area contributed by atoms with Crippen LogP contribution in [0, 0.1) is 12.8 Å². The molecule has 2 amide bonds. The number of nitrogens with one attached hydrogen (secondary N) is 2. The Bertz CT molecular complexity index is 591. The molecule has 6 nitrogen and oxygen atoms in total. The fraction of sp³-hybridized carbons (Fsp3) is 0.562. The lowest BCUT2D eigenvalue weighted by molar-refractivity contribution is -0.121. The van der Waals surface area contributed by atoms with E-state index in [9.17, 15) is 14.4 Å². The van der Waals surface area contributed by atoms with Gasteiger partial charge in [-0.25, -0.2) is 0 Å². The lowest BCUT2D eigenvalue weighted by atomic mass is 10.1. The van der Waals surface area contributed by atoms with E-state index in [-0.39, 0.29) is 29.6 Å². The molecule has 22 heavy (non-hydrogen) atoms. The van der Waals surface area contributed by atoms with Gasteiger partial charge >= 0.3 is 0 Å². The Labute approximate surface area is 130 Å². The molecule has 0 fully saturated rings. The van der Waals surface area contributed by atoms with E-state index in [4.69, 9.17) is 0 Å². The first-order valence-electron chi connectivity index (χ1n) is 7.62. The van der Waals surface area contributed by atoms with Gasteiger partial charge in [0.05, 0.1) is 0 Å². The smallest absolute Gasteiger partial charge is 0.274 e. The number of nitrogens with zero attached hydrogens (tertiary/aromatic N) is 1. The molecule has 1 heterocycles. The summed E-state index contributed by atoms with van der Waals surface area (Å²) >= 11 is 0. The van der Waals surface area contributed by atoms with Crippen LogP contribution in [0.1, 0.15) is 39.3 Å². The highest BCUT2D eigenvalue weighted by Crippen LogP contribution is 2.04. The number of amides is 2. The van der Waals surface area contributed by atoms with Crippen LogP contribution >= 0.6 is 0 Å². The third-order valence-corrected chi connectivity index (χ3v) is 3.33. The number of hydrogen-bond donors (Lipinski definition) is 2. The second kappa shape index (κ2) is 8.36. The SMILES string of the molecule is CCC(=O)Nc1ccc(C)n(CC(=O)NCCC(C)C)c1=O. The molecule has 0 aliphatic carbocycles. The number of pyridine rings is 1. The fourth-order valence-corrected chi connectivity index (χ4v) is 1.90. The number of carbonyl (C=O) groups excluding carboxylic acids is 2. The van der Waals surface area contributed by atoms with E-state index in [1.54, 1.807) is 26.0 Å². The third kappa shape index (κ3) is 5.35. The van der Waals surface area contributed by atoms with E-state index < -0.39 is 0 Å². The van der Waals surface area contributed by atoms with E-state index in [1.807, 2.05) is 0 Å². The second-order valence-corrected chi connectivity index (χ2v) is 5.71. The minimum Gasteiger partial charge on any atom is -0.355 e. The van der Waals surface area contributed by atoms with Gasteiger partial charge in [0.2, 0.25) is 11.8 Å². The van der Waals surface area contributed by atoms with E-state index in [0.29, 0.717) is 24.6 Å². The van der Waals surface area contributed by atoms with Crippen molar-refractivity contribution in [3.63, 3.8) is 0 Å². The average molecular weight is 307 g/mol. The molecule has 1 aromatic heterocycles. The zero-order valence-electron chi connectivity index (χ0n) is 13.7. The van der Waals surface area contributed by atoms with Gasteiger partial charge in [-0.1, -0.05) is 20.8 Å². The van der Waals surface area contributed by atoms with E-state index in [0.717, 1.165) is 6.42 Å². The van der Waals surface area contributed by atoms with Gasteiger partial charge in [-0.05, 0) is 31.4 Å². The summed E-state index contributed by atoms with van der Waals surface area (Å²) in [6.07, 6.45) is 1.19. The number of anilines is 1. The van der Waals surface area contributed by atoms with Crippen LogP contribution in [0.25, 0.3) is 0 Å². The van der Waals surface area contributed by atoms with Gasteiger partial charge in [0, 0.05) is 18.7 Å². The first-order chi connectivity index (χ1) is 10.3. The maximum atomic E-state index is 12.3. The van der Waals surface area contributed by atoms with Gasteiger partial charge in [-0.15, -0.1) is 0 Å². The minimum absolute atomic E-state index is 0.0431. The van der Waals surface area contributed by atoms with Crippen LogP contribution in [0.15, 0.2) is 16.9 Å². The number of aromatic nitrogens is 1. The summed E-state index contributed by atoms with van der Waals surface area (Å²) in [6.45, 7) is 8.19. The molecule has 0 spiro atoms. The molecule has 0 saturated carbocycles. The minimum atomic E-state index is -0.360. The van der Waals surface area contributed by atoms with Crippen molar-refractivity contribution < 1.29 is 9.59 Å². The molecule has 0 bridgehead atoms. The monoisotopic (exact) mass is 307 g/mol.